The largest absolute Gasteiger partial charge is 0.492 e. The van der Waals surface area contributed by atoms with Crippen molar-refractivity contribution in [3.8, 4) is 17.0 Å². The Labute approximate surface area is 172 Å². The molecule has 2 aromatic rings. The minimum absolute atomic E-state index is 0.303. The smallest absolute Gasteiger partial charge is 0.175 e. The molecule has 1 aliphatic heterocycles. The Morgan fingerprint density at radius 3 is 2.31 bits per heavy atom. The molecule has 1 saturated heterocycles. The molecule has 1 aliphatic carbocycles. The quantitative estimate of drug-likeness (QED) is 0.747. The van der Waals surface area contributed by atoms with Crippen LogP contribution in [-0.4, -0.2) is 61.5 Å². The second-order valence-electron chi connectivity index (χ2n) is 8.98. The first-order chi connectivity index (χ1) is 13.6. The summed E-state index contributed by atoms with van der Waals surface area (Å²) in [7, 11) is -3.19. The molecule has 156 valence electrons. The van der Waals surface area contributed by atoms with Gasteiger partial charge >= 0.3 is 0 Å². The molecule has 2 fully saturated rings. The summed E-state index contributed by atoms with van der Waals surface area (Å²) < 4.78 is 29.1. The summed E-state index contributed by atoms with van der Waals surface area (Å²) in [5.74, 6) is 2.70. The van der Waals surface area contributed by atoms with Crippen molar-refractivity contribution in [3.05, 3.63) is 42.6 Å². The molecule has 7 heteroatoms. The molecule has 1 N–H and O–H groups in total. The Morgan fingerprint density at radius 1 is 1.14 bits per heavy atom. The lowest BCUT2D eigenvalue weighted by Gasteiger charge is -2.27. The van der Waals surface area contributed by atoms with Gasteiger partial charge in [0.05, 0.1) is 29.0 Å². The molecule has 4 rings (SSSR count). The lowest BCUT2D eigenvalue weighted by Crippen LogP contribution is -2.39. The fraction of sp³-hybridized carbons (Fsp3) is 0.500. The highest BCUT2D eigenvalue weighted by atomic mass is 32.2. The predicted octanol–water partition coefficient (Wildman–Crippen LogP) is 2.48. The number of benzene rings is 1. The number of fused-ring (bicyclic) bond motifs is 1. The van der Waals surface area contributed by atoms with Gasteiger partial charge < -0.3 is 9.84 Å². The highest BCUT2D eigenvalue weighted by molar-refractivity contribution is 7.90. The second-order valence-corrected chi connectivity index (χ2v) is 11.0. The van der Waals surface area contributed by atoms with E-state index in [1.165, 1.54) is 6.26 Å². The molecule has 2 atom stereocenters. The van der Waals surface area contributed by atoms with Gasteiger partial charge in [0.1, 0.15) is 5.75 Å². The van der Waals surface area contributed by atoms with Crippen molar-refractivity contribution in [1.29, 1.82) is 0 Å². The third-order valence-electron chi connectivity index (χ3n) is 5.81. The zero-order valence-electron chi connectivity index (χ0n) is 17.1. The van der Waals surface area contributed by atoms with Gasteiger partial charge in [-0.2, -0.15) is 0 Å². The molecule has 2 aliphatic rings. The molecular weight excluding hydrogens is 388 g/mol. The highest BCUT2D eigenvalue weighted by Crippen LogP contribution is 2.51. The van der Waals surface area contributed by atoms with Crippen LogP contribution in [0.4, 0.5) is 0 Å². The van der Waals surface area contributed by atoms with Crippen molar-refractivity contribution in [2.45, 2.75) is 24.3 Å². The van der Waals surface area contributed by atoms with Crippen LogP contribution in [-0.2, 0) is 9.84 Å². The third kappa shape index (κ3) is 4.79. The maximum absolute atomic E-state index is 11.6. The maximum Gasteiger partial charge on any atom is 0.175 e. The summed E-state index contributed by atoms with van der Waals surface area (Å²) in [6, 6.07) is 10.5. The first kappa shape index (κ1) is 20.3. The Bertz CT molecular complexity index is 953. The first-order valence-electron chi connectivity index (χ1n) is 9.94. The van der Waals surface area contributed by atoms with E-state index in [0.29, 0.717) is 29.3 Å². The summed E-state index contributed by atoms with van der Waals surface area (Å²) in [6.07, 6.45) is 2.92. The van der Waals surface area contributed by atoms with Gasteiger partial charge in [0.15, 0.2) is 9.84 Å². The summed E-state index contributed by atoms with van der Waals surface area (Å²) >= 11 is 0. The Morgan fingerprint density at radius 2 is 1.79 bits per heavy atom. The SMILES string of the molecule is CC(C)(O)CN1CC2C(COc3ccc(-c4ccc(S(C)(=O)=O)cc4)nc3)C2C1. The van der Waals surface area contributed by atoms with Crippen LogP contribution in [0.1, 0.15) is 13.8 Å². The fourth-order valence-corrected chi connectivity index (χ4v) is 4.99. The summed E-state index contributed by atoms with van der Waals surface area (Å²) in [5.41, 5.74) is 1.01. The molecule has 2 heterocycles. The topological polar surface area (TPSA) is 79.7 Å². The highest BCUT2D eigenvalue weighted by Gasteiger charge is 2.56. The van der Waals surface area contributed by atoms with Crippen molar-refractivity contribution in [2.75, 3.05) is 32.5 Å². The molecule has 1 aromatic heterocycles. The van der Waals surface area contributed by atoms with Gasteiger partial charge in [-0.1, -0.05) is 12.1 Å². The van der Waals surface area contributed by atoms with Gasteiger partial charge in [-0.25, -0.2) is 8.42 Å². The van der Waals surface area contributed by atoms with Crippen LogP contribution in [0.15, 0.2) is 47.5 Å². The normalized spacial score (nSPS) is 24.3. The molecular formula is C22H28N2O4S. The van der Waals surface area contributed by atoms with Crippen LogP contribution in [0.2, 0.25) is 0 Å². The van der Waals surface area contributed by atoms with E-state index in [1.807, 2.05) is 26.0 Å². The Balaban J connectivity index is 1.28. The lowest BCUT2D eigenvalue weighted by molar-refractivity contribution is 0.0381. The molecule has 6 nitrogen and oxygen atoms in total. The molecule has 0 bridgehead atoms. The van der Waals surface area contributed by atoms with E-state index in [2.05, 4.69) is 9.88 Å². The number of pyridine rings is 1. The number of ether oxygens (including phenoxy) is 1. The number of rotatable bonds is 7. The van der Waals surface area contributed by atoms with Gasteiger partial charge in [-0.3, -0.25) is 9.88 Å². The molecule has 1 aromatic carbocycles. The van der Waals surface area contributed by atoms with Gasteiger partial charge in [-0.05, 0) is 49.9 Å². The average Bonchev–Trinajstić information content (AvgIpc) is 3.10. The minimum Gasteiger partial charge on any atom is -0.492 e. The number of nitrogens with zero attached hydrogens (tertiary/aromatic N) is 2. The maximum atomic E-state index is 11.6. The number of piperidine rings is 1. The number of likely N-dealkylation sites (tertiary alicyclic amines) is 1. The predicted molar refractivity (Wildman–Crippen MR) is 111 cm³/mol. The van der Waals surface area contributed by atoms with Gasteiger partial charge in [0.25, 0.3) is 0 Å². The summed E-state index contributed by atoms with van der Waals surface area (Å²) in [6.45, 7) is 7.23. The average molecular weight is 417 g/mol. The zero-order chi connectivity index (χ0) is 20.8. The minimum atomic E-state index is -3.19. The van der Waals surface area contributed by atoms with E-state index in [1.54, 1.807) is 30.5 Å². The van der Waals surface area contributed by atoms with Gasteiger partial charge in [-0.15, -0.1) is 0 Å². The van der Waals surface area contributed by atoms with Crippen LogP contribution < -0.4 is 4.74 Å². The van der Waals surface area contributed by atoms with Crippen molar-refractivity contribution in [1.82, 2.24) is 9.88 Å². The van der Waals surface area contributed by atoms with Crippen molar-refractivity contribution in [3.63, 3.8) is 0 Å². The van der Waals surface area contributed by atoms with Crippen LogP contribution in [0.5, 0.6) is 5.75 Å². The van der Waals surface area contributed by atoms with Crippen molar-refractivity contribution >= 4 is 9.84 Å². The van der Waals surface area contributed by atoms with Crippen molar-refractivity contribution < 1.29 is 18.3 Å². The molecule has 0 amide bonds. The monoisotopic (exact) mass is 416 g/mol. The fourth-order valence-electron chi connectivity index (χ4n) is 4.36. The zero-order valence-corrected chi connectivity index (χ0v) is 17.9. The lowest BCUT2D eigenvalue weighted by atomic mass is 10.1. The first-order valence-corrected chi connectivity index (χ1v) is 11.8. The molecule has 0 radical (unpaired) electrons. The standard InChI is InChI=1S/C22H28N2O4S/c1-22(2,25)14-24-11-18-19(12-24)20(18)13-28-16-6-9-21(23-10-16)15-4-7-17(8-5-15)29(3,26)27/h4-10,18-20,25H,11-14H2,1-3H3. The number of β-amino-alcohol motifs (C(OH)–C–C–N with tert-alkyl or cyclic N) is 1. The van der Waals surface area contributed by atoms with Crippen LogP contribution in [0.25, 0.3) is 11.3 Å². The van der Waals surface area contributed by atoms with E-state index in [0.717, 1.165) is 36.6 Å². The Hall–Kier alpha value is -1.96. The van der Waals surface area contributed by atoms with E-state index >= 15 is 0 Å². The van der Waals surface area contributed by atoms with Crippen LogP contribution in [0, 0.1) is 17.8 Å². The van der Waals surface area contributed by atoms with E-state index in [-0.39, 0.29) is 0 Å². The van der Waals surface area contributed by atoms with Gasteiger partial charge in [0, 0.05) is 37.4 Å². The Kier molecular flexibility index (Phi) is 5.17. The van der Waals surface area contributed by atoms with E-state index < -0.39 is 15.4 Å². The third-order valence-corrected chi connectivity index (χ3v) is 6.94. The number of sulfone groups is 1. The van der Waals surface area contributed by atoms with Crippen molar-refractivity contribution in [2.24, 2.45) is 17.8 Å². The number of aromatic nitrogens is 1. The molecule has 0 spiro atoms. The van der Waals surface area contributed by atoms with Crippen LogP contribution in [0.3, 0.4) is 0 Å². The molecule has 2 unspecified atom stereocenters. The van der Waals surface area contributed by atoms with E-state index in [9.17, 15) is 13.5 Å². The molecule has 1 saturated carbocycles. The number of hydrogen-bond acceptors (Lipinski definition) is 6. The molecule has 29 heavy (non-hydrogen) atoms. The summed E-state index contributed by atoms with van der Waals surface area (Å²) in [5, 5.41) is 9.95. The second kappa shape index (κ2) is 7.38. The van der Waals surface area contributed by atoms with Gasteiger partial charge in [0.2, 0.25) is 0 Å². The van der Waals surface area contributed by atoms with E-state index in [4.69, 9.17) is 4.74 Å². The number of hydrogen-bond donors (Lipinski definition) is 1. The summed E-state index contributed by atoms with van der Waals surface area (Å²) in [4.78, 5) is 7.10. The number of aliphatic hydroxyl groups is 1. The van der Waals surface area contributed by atoms with Crippen LogP contribution >= 0.6 is 0 Å².